The minimum atomic E-state index is -1.18. The number of alkyl carbamates (subject to hydrolysis) is 1. The molecule has 1 aliphatic carbocycles. The van der Waals surface area contributed by atoms with Crippen LogP contribution in [0.1, 0.15) is 22.3 Å². The standard InChI is InChI=1S/C25H23N3O5/c26-24(31)27-18-10-8-15(9-11-18)12-22(23(29)30)28-25(32)33-14-17-5-3-7-20-19-6-2-1-4-16(19)13-21(17)20/h1-11,22H,12-14H2,(H,28,32)(H,29,30)(H3,26,27,31)/t22-/m1/s1. The number of carbonyl (C=O) groups is 3. The Morgan fingerprint density at radius 2 is 1.70 bits per heavy atom. The predicted molar refractivity (Wildman–Crippen MR) is 123 cm³/mol. The van der Waals surface area contributed by atoms with Gasteiger partial charge in [0.15, 0.2) is 0 Å². The molecule has 3 aromatic rings. The number of hydrogen-bond donors (Lipinski definition) is 4. The summed E-state index contributed by atoms with van der Waals surface area (Å²) in [5.74, 6) is -1.18. The van der Waals surface area contributed by atoms with Crippen LogP contribution in [-0.2, 0) is 29.0 Å². The van der Waals surface area contributed by atoms with Crippen LogP contribution in [0.25, 0.3) is 11.1 Å². The molecular weight excluding hydrogens is 422 g/mol. The third-order valence-electron chi connectivity index (χ3n) is 5.56. The number of aliphatic carboxylic acids is 1. The van der Waals surface area contributed by atoms with Gasteiger partial charge in [0.05, 0.1) is 0 Å². The van der Waals surface area contributed by atoms with E-state index in [0.29, 0.717) is 11.3 Å². The maximum atomic E-state index is 12.4. The van der Waals surface area contributed by atoms with Crippen molar-refractivity contribution in [3.63, 3.8) is 0 Å². The largest absolute Gasteiger partial charge is 0.480 e. The molecule has 0 heterocycles. The minimum absolute atomic E-state index is 0.0445. The van der Waals surface area contributed by atoms with Crippen molar-refractivity contribution in [3.8, 4) is 11.1 Å². The van der Waals surface area contributed by atoms with Crippen molar-refractivity contribution >= 4 is 23.8 Å². The Morgan fingerprint density at radius 1 is 0.970 bits per heavy atom. The number of anilines is 1. The maximum absolute atomic E-state index is 12.4. The molecule has 8 heteroatoms. The molecule has 0 bridgehead atoms. The number of ether oxygens (including phenoxy) is 1. The molecule has 1 atom stereocenters. The fraction of sp³-hybridized carbons (Fsp3) is 0.160. The zero-order chi connectivity index (χ0) is 23.4. The van der Waals surface area contributed by atoms with E-state index in [0.717, 1.165) is 23.1 Å². The third-order valence-corrected chi connectivity index (χ3v) is 5.56. The normalized spacial score (nSPS) is 12.2. The summed E-state index contributed by atoms with van der Waals surface area (Å²) in [6.45, 7) is 0.0445. The highest BCUT2D eigenvalue weighted by atomic mass is 16.5. The predicted octanol–water partition coefficient (Wildman–Crippen LogP) is 3.67. The Morgan fingerprint density at radius 3 is 2.42 bits per heavy atom. The molecule has 8 nitrogen and oxygen atoms in total. The van der Waals surface area contributed by atoms with Crippen LogP contribution >= 0.6 is 0 Å². The molecule has 3 aromatic carbocycles. The quantitative estimate of drug-likeness (QED) is 0.345. The number of primary amides is 1. The number of carbonyl (C=O) groups excluding carboxylic acids is 2. The van der Waals surface area contributed by atoms with E-state index in [-0.39, 0.29) is 13.0 Å². The lowest BCUT2D eigenvalue weighted by Crippen LogP contribution is -2.42. The first-order chi connectivity index (χ1) is 15.9. The molecule has 3 amide bonds. The number of hydrogen-bond acceptors (Lipinski definition) is 4. The second kappa shape index (κ2) is 9.44. The number of urea groups is 1. The number of carboxylic acid groups (broad SMARTS) is 1. The first-order valence-corrected chi connectivity index (χ1v) is 10.4. The van der Waals surface area contributed by atoms with Crippen molar-refractivity contribution < 1.29 is 24.2 Å². The first kappa shape index (κ1) is 21.9. The van der Waals surface area contributed by atoms with Crippen molar-refractivity contribution in [1.29, 1.82) is 0 Å². The van der Waals surface area contributed by atoms with Gasteiger partial charge in [-0.3, -0.25) is 0 Å². The summed E-state index contributed by atoms with van der Waals surface area (Å²) >= 11 is 0. The molecule has 1 aliphatic rings. The van der Waals surface area contributed by atoms with E-state index in [2.05, 4.69) is 28.8 Å². The Hall–Kier alpha value is -4.33. The number of fused-ring (bicyclic) bond motifs is 3. The number of nitrogens with two attached hydrogens (primary N) is 1. The molecule has 5 N–H and O–H groups in total. The second-order valence-electron chi connectivity index (χ2n) is 7.78. The molecule has 0 unspecified atom stereocenters. The fourth-order valence-electron chi connectivity index (χ4n) is 3.99. The number of benzene rings is 3. The molecule has 0 spiro atoms. The van der Waals surface area contributed by atoms with E-state index >= 15 is 0 Å². The molecule has 33 heavy (non-hydrogen) atoms. The zero-order valence-electron chi connectivity index (χ0n) is 17.7. The summed E-state index contributed by atoms with van der Waals surface area (Å²) in [5, 5.41) is 14.4. The van der Waals surface area contributed by atoms with Gasteiger partial charge in [-0.05, 0) is 51.9 Å². The van der Waals surface area contributed by atoms with Crippen LogP contribution in [0.4, 0.5) is 15.3 Å². The van der Waals surface area contributed by atoms with Crippen molar-refractivity contribution in [2.45, 2.75) is 25.5 Å². The average molecular weight is 445 g/mol. The molecule has 0 aliphatic heterocycles. The molecule has 0 fully saturated rings. The van der Waals surface area contributed by atoms with Crippen LogP contribution < -0.4 is 16.4 Å². The van der Waals surface area contributed by atoms with Gasteiger partial charge in [-0.1, -0.05) is 54.6 Å². The van der Waals surface area contributed by atoms with E-state index in [1.54, 1.807) is 24.3 Å². The van der Waals surface area contributed by atoms with Crippen molar-refractivity contribution in [2.75, 3.05) is 5.32 Å². The third kappa shape index (κ3) is 5.12. The minimum Gasteiger partial charge on any atom is -0.480 e. The first-order valence-electron chi connectivity index (χ1n) is 10.4. The van der Waals surface area contributed by atoms with Crippen LogP contribution in [0.5, 0.6) is 0 Å². The van der Waals surface area contributed by atoms with Gasteiger partial charge in [-0.15, -0.1) is 0 Å². The fourth-order valence-corrected chi connectivity index (χ4v) is 3.99. The lowest BCUT2D eigenvalue weighted by atomic mass is 10.0. The summed E-state index contributed by atoms with van der Waals surface area (Å²) in [7, 11) is 0. The van der Waals surface area contributed by atoms with Gasteiger partial charge < -0.3 is 26.2 Å². The lowest BCUT2D eigenvalue weighted by Gasteiger charge is -2.16. The van der Waals surface area contributed by atoms with E-state index < -0.39 is 24.1 Å². The van der Waals surface area contributed by atoms with Gasteiger partial charge in [-0.25, -0.2) is 14.4 Å². The molecule has 0 radical (unpaired) electrons. The Balaban J connectivity index is 1.37. The topological polar surface area (TPSA) is 131 Å². The smallest absolute Gasteiger partial charge is 0.408 e. The van der Waals surface area contributed by atoms with Crippen LogP contribution in [0, 0.1) is 0 Å². The summed E-state index contributed by atoms with van der Waals surface area (Å²) < 4.78 is 5.36. The monoisotopic (exact) mass is 445 g/mol. The molecule has 0 saturated carbocycles. The Labute approximate surface area is 190 Å². The molecule has 4 rings (SSSR count). The summed E-state index contributed by atoms with van der Waals surface area (Å²) in [4.78, 5) is 34.9. The summed E-state index contributed by atoms with van der Waals surface area (Å²) in [6, 6.07) is 18.7. The molecular formula is C25H23N3O5. The van der Waals surface area contributed by atoms with Crippen molar-refractivity contribution in [3.05, 3.63) is 89.0 Å². The highest BCUT2D eigenvalue weighted by Crippen LogP contribution is 2.38. The number of nitrogens with one attached hydrogen (secondary N) is 2. The van der Waals surface area contributed by atoms with Crippen LogP contribution in [-0.4, -0.2) is 29.2 Å². The van der Waals surface area contributed by atoms with Crippen molar-refractivity contribution in [1.82, 2.24) is 5.32 Å². The van der Waals surface area contributed by atoms with Crippen LogP contribution in [0.15, 0.2) is 66.7 Å². The van der Waals surface area contributed by atoms with Crippen LogP contribution in [0.2, 0.25) is 0 Å². The van der Waals surface area contributed by atoms with Gasteiger partial charge >= 0.3 is 18.1 Å². The van der Waals surface area contributed by atoms with Gasteiger partial charge in [0.2, 0.25) is 0 Å². The number of amides is 3. The number of rotatable bonds is 7. The van der Waals surface area contributed by atoms with Gasteiger partial charge in [0, 0.05) is 12.1 Å². The lowest BCUT2D eigenvalue weighted by molar-refractivity contribution is -0.139. The molecule has 168 valence electrons. The highest BCUT2D eigenvalue weighted by Gasteiger charge is 2.23. The average Bonchev–Trinajstić information content (AvgIpc) is 3.17. The van der Waals surface area contributed by atoms with E-state index in [4.69, 9.17) is 10.5 Å². The maximum Gasteiger partial charge on any atom is 0.408 e. The van der Waals surface area contributed by atoms with E-state index in [1.165, 1.54) is 11.1 Å². The second-order valence-corrected chi connectivity index (χ2v) is 7.78. The Bertz CT molecular complexity index is 1210. The SMILES string of the molecule is NC(=O)Nc1ccc(C[C@@H](NC(=O)OCc2cccc3c2Cc2ccccc2-3)C(=O)O)cc1. The van der Waals surface area contributed by atoms with Crippen molar-refractivity contribution in [2.24, 2.45) is 5.73 Å². The number of carboxylic acids is 1. The van der Waals surface area contributed by atoms with E-state index in [9.17, 15) is 19.5 Å². The van der Waals surface area contributed by atoms with Gasteiger partial charge in [-0.2, -0.15) is 0 Å². The summed E-state index contributed by atoms with van der Waals surface area (Å²) in [5.41, 5.74) is 11.8. The molecule has 0 aromatic heterocycles. The van der Waals surface area contributed by atoms with Gasteiger partial charge in [0.25, 0.3) is 0 Å². The summed E-state index contributed by atoms with van der Waals surface area (Å²) in [6.07, 6.45) is 0.0186. The molecule has 0 saturated heterocycles. The Kier molecular flexibility index (Phi) is 6.26. The van der Waals surface area contributed by atoms with Crippen LogP contribution in [0.3, 0.4) is 0 Å². The zero-order valence-corrected chi connectivity index (χ0v) is 17.7. The van der Waals surface area contributed by atoms with E-state index in [1.807, 2.05) is 24.3 Å². The van der Waals surface area contributed by atoms with Gasteiger partial charge in [0.1, 0.15) is 12.6 Å². The highest BCUT2D eigenvalue weighted by molar-refractivity contribution is 5.87.